The first-order valence-corrected chi connectivity index (χ1v) is 5.38. The zero-order chi connectivity index (χ0) is 12.0. The summed E-state index contributed by atoms with van der Waals surface area (Å²) < 4.78 is 5.30. The van der Waals surface area contributed by atoms with Crippen LogP contribution in [0, 0.1) is 11.3 Å². The molecule has 0 aromatic heterocycles. The predicted molar refractivity (Wildman–Crippen MR) is 64.4 cm³/mol. The summed E-state index contributed by atoms with van der Waals surface area (Å²) in [6, 6.07) is 10.5. The van der Waals surface area contributed by atoms with Crippen molar-refractivity contribution in [2.45, 2.75) is 19.4 Å². The molecule has 0 fully saturated rings. The second-order valence-corrected chi connectivity index (χ2v) is 3.94. The van der Waals surface area contributed by atoms with Crippen molar-refractivity contribution in [3.05, 3.63) is 29.8 Å². The van der Waals surface area contributed by atoms with Crippen molar-refractivity contribution in [1.29, 1.82) is 5.26 Å². The van der Waals surface area contributed by atoms with Crippen molar-refractivity contribution in [1.82, 2.24) is 4.90 Å². The van der Waals surface area contributed by atoms with E-state index in [4.69, 9.17) is 10.00 Å². The van der Waals surface area contributed by atoms with E-state index < -0.39 is 0 Å². The molecule has 0 amide bonds. The fraction of sp³-hybridized carbons (Fsp3) is 0.462. The van der Waals surface area contributed by atoms with E-state index in [1.165, 1.54) is 5.56 Å². The Bertz CT molecular complexity index is 370. The largest absolute Gasteiger partial charge is 0.496 e. The summed E-state index contributed by atoms with van der Waals surface area (Å²) in [5.74, 6) is 0.916. The number of rotatable bonds is 5. The van der Waals surface area contributed by atoms with E-state index in [1.807, 2.05) is 30.1 Å². The highest BCUT2D eigenvalue weighted by molar-refractivity contribution is 5.33. The van der Waals surface area contributed by atoms with Crippen molar-refractivity contribution in [3.8, 4) is 11.8 Å². The van der Waals surface area contributed by atoms with Crippen LogP contribution in [0.3, 0.4) is 0 Å². The monoisotopic (exact) mass is 218 g/mol. The molecule has 0 saturated carbocycles. The van der Waals surface area contributed by atoms with Gasteiger partial charge in [-0.05, 0) is 32.0 Å². The molecule has 3 heteroatoms. The van der Waals surface area contributed by atoms with E-state index in [1.54, 1.807) is 7.11 Å². The molecule has 0 aliphatic rings. The van der Waals surface area contributed by atoms with E-state index in [0.29, 0.717) is 12.6 Å². The molecule has 0 aliphatic carbocycles. The highest BCUT2D eigenvalue weighted by Gasteiger charge is 2.11. The quantitative estimate of drug-likeness (QED) is 0.710. The Morgan fingerprint density at radius 3 is 2.75 bits per heavy atom. The number of hydrogen-bond acceptors (Lipinski definition) is 3. The lowest BCUT2D eigenvalue weighted by molar-refractivity contribution is 0.283. The van der Waals surface area contributed by atoms with Crippen LogP contribution in [0.25, 0.3) is 0 Å². The Balaban J connectivity index is 2.69. The first-order valence-electron chi connectivity index (χ1n) is 5.38. The van der Waals surface area contributed by atoms with E-state index >= 15 is 0 Å². The molecule has 1 rings (SSSR count). The number of nitriles is 1. The summed E-state index contributed by atoms with van der Waals surface area (Å²) in [5, 5.41) is 8.64. The van der Waals surface area contributed by atoms with Gasteiger partial charge in [0.05, 0.1) is 19.7 Å². The standard InChI is InChI=1S/C13H18N2O/c1-11(15(2)9-8-14)10-12-6-4-5-7-13(12)16-3/h4-7,11H,9-10H2,1-3H3/t11-/m0/s1. The van der Waals surface area contributed by atoms with Gasteiger partial charge in [0.15, 0.2) is 0 Å². The smallest absolute Gasteiger partial charge is 0.122 e. The van der Waals surface area contributed by atoms with Gasteiger partial charge in [0.25, 0.3) is 0 Å². The van der Waals surface area contributed by atoms with Crippen LogP contribution in [-0.2, 0) is 6.42 Å². The molecule has 0 heterocycles. The molecule has 16 heavy (non-hydrogen) atoms. The lowest BCUT2D eigenvalue weighted by Crippen LogP contribution is -2.31. The molecule has 3 nitrogen and oxygen atoms in total. The fourth-order valence-corrected chi connectivity index (χ4v) is 1.61. The molecule has 0 unspecified atom stereocenters. The van der Waals surface area contributed by atoms with Crippen molar-refractivity contribution in [2.75, 3.05) is 20.7 Å². The second kappa shape index (κ2) is 6.14. The zero-order valence-corrected chi connectivity index (χ0v) is 10.1. The van der Waals surface area contributed by atoms with Crippen molar-refractivity contribution in [2.24, 2.45) is 0 Å². The number of hydrogen-bond donors (Lipinski definition) is 0. The van der Waals surface area contributed by atoms with Crippen LogP contribution in [0.2, 0.25) is 0 Å². The lowest BCUT2D eigenvalue weighted by atomic mass is 10.1. The van der Waals surface area contributed by atoms with E-state index in [0.717, 1.165) is 12.2 Å². The molecule has 0 N–H and O–H groups in total. The first-order chi connectivity index (χ1) is 7.69. The van der Waals surface area contributed by atoms with Gasteiger partial charge in [0.1, 0.15) is 5.75 Å². The summed E-state index contributed by atoms with van der Waals surface area (Å²) in [6.45, 7) is 2.57. The van der Waals surface area contributed by atoms with Crippen LogP contribution in [0.15, 0.2) is 24.3 Å². The topological polar surface area (TPSA) is 36.3 Å². The average molecular weight is 218 g/mol. The minimum atomic E-state index is 0.330. The van der Waals surface area contributed by atoms with Crippen molar-refractivity contribution < 1.29 is 4.74 Å². The molecule has 1 aromatic carbocycles. The molecule has 0 bridgehead atoms. The Kier molecular flexibility index (Phi) is 4.81. The van der Waals surface area contributed by atoms with Gasteiger partial charge < -0.3 is 4.74 Å². The molecular weight excluding hydrogens is 200 g/mol. The van der Waals surface area contributed by atoms with Gasteiger partial charge in [0.2, 0.25) is 0 Å². The van der Waals surface area contributed by atoms with Crippen LogP contribution in [0.4, 0.5) is 0 Å². The number of ether oxygens (including phenoxy) is 1. The van der Waals surface area contributed by atoms with Gasteiger partial charge in [-0.2, -0.15) is 5.26 Å². The highest BCUT2D eigenvalue weighted by Crippen LogP contribution is 2.19. The van der Waals surface area contributed by atoms with Crippen molar-refractivity contribution >= 4 is 0 Å². The van der Waals surface area contributed by atoms with Gasteiger partial charge in [0, 0.05) is 6.04 Å². The Hall–Kier alpha value is -1.53. The molecule has 0 radical (unpaired) electrons. The van der Waals surface area contributed by atoms with Crippen LogP contribution in [0.5, 0.6) is 5.75 Å². The Labute approximate surface area is 97.3 Å². The fourth-order valence-electron chi connectivity index (χ4n) is 1.61. The Morgan fingerprint density at radius 2 is 2.12 bits per heavy atom. The number of benzene rings is 1. The molecule has 0 spiro atoms. The molecule has 1 atom stereocenters. The third kappa shape index (κ3) is 3.25. The zero-order valence-electron chi connectivity index (χ0n) is 10.1. The molecule has 0 aliphatic heterocycles. The summed E-state index contributed by atoms with van der Waals surface area (Å²) in [5.41, 5.74) is 1.18. The van der Waals surface area contributed by atoms with Gasteiger partial charge in [-0.3, -0.25) is 4.90 Å². The molecular formula is C13H18N2O. The maximum absolute atomic E-state index is 8.64. The SMILES string of the molecule is COc1ccccc1C[C@H](C)N(C)CC#N. The van der Waals surface area contributed by atoms with Gasteiger partial charge >= 0.3 is 0 Å². The van der Waals surface area contributed by atoms with E-state index in [2.05, 4.69) is 19.1 Å². The summed E-state index contributed by atoms with van der Waals surface area (Å²) in [4.78, 5) is 2.03. The van der Waals surface area contributed by atoms with E-state index in [-0.39, 0.29) is 0 Å². The van der Waals surface area contributed by atoms with E-state index in [9.17, 15) is 0 Å². The van der Waals surface area contributed by atoms with Crippen LogP contribution in [-0.4, -0.2) is 31.6 Å². The molecule has 86 valence electrons. The predicted octanol–water partition coefficient (Wildman–Crippen LogP) is 2.08. The third-order valence-electron chi connectivity index (χ3n) is 2.78. The third-order valence-corrected chi connectivity index (χ3v) is 2.78. The minimum Gasteiger partial charge on any atom is -0.496 e. The van der Waals surface area contributed by atoms with Gasteiger partial charge in [-0.15, -0.1) is 0 Å². The lowest BCUT2D eigenvalue weighted by Gasteiger charge is -2.22. The van der Waals surface area contributed by atoms with Gasteiger partial charge in [-0.1, -0.05) is 18.2 Å². The molecule has 1 aromatic rings. The first kappa shape index (κ1) is 12.5. The van der Waals surface area contributed by atoms with Crippen LogP contribution in [0.1, 0.15) is 12.5 Å². The summed E-state index contributed by atoms with van der Waals surface area (Å²) >= 11 is 0. The maximum Gasteiger partial charge on any atom is 0.122 e. The second-order valence-electron chi connectivity index (χ2n) is 3.94. The maximum atomic E-state index is 8.64. The van der Waals surface area contributed by atoms with Crippen LogP contribution < -0.4 is 4.74 Å². The average Bonchev–Trinajstić information content (AvgIpc) is 2.30. The number of methoxy groups -OCH3 is 1. The Morgan fingerprint density at radius 1 is 1.44 bits per heavy atom. The minimum absolute atomic E-state index is 0.330. The highest BCUT2D eigenvalue weighted by atomic mass is 16.5. The number of likely N-dealkylation sites (N-methyl/N-ethyl adjacent to an activating group) is 1. The summed E-state index contributed by atoms with van der Waals surface area (Å²) in [7, 11) is 3.64. The van der Waals surface area contributed by atoms with Crippen LogP contribution >= 0.6 is 0 Å². The van der Waals surface area contributed by atoms with Crippen molar-refractivity contribution in [3.63, 3.8) is 0 Å². The summed E-state index contributed by atoms with van der Waals surface area (Å²) in [6.07, 6.45) is 0.891. The number of para-hydroxylation sites is 1. The van der Waals surface area contributed by atoms with Gasteiger partial charge in [-0.25, -0.2) is 0 Å². The normalized spacial score (nSPS) is 12.2. The molecule has 0 saturated heterocycles. The number of nitrogens with zero attached hydrogens (tertiary/aromatic N) is 2.